The van der Waals surface area contributed by atoms with Gasteiger partial charge in [-0.25, -0.2) is 4.98 Å². The molecule has 1 aromatic carbocycles. The van der Waals surface area contributed by atoms with Crippen molar-refractivity contribution in [2.24, 2.45) is 5.73 Å². The third-order valence-corrected chi connectivity index (χ3v) is 4.94. The lowest BCUT2D eigenvalue weighted by atomic mass is 10.1. The number of nitrogens with two attached hydrogens (primary N) is 1. The predicted molar refractivity (Wildman–Crippen MR) is 94.1 cm³/mol. The zero-order valence-corrected chi connectivity index (χ0v) is 14.9. The highest BCUT2D eigenvalue weighted by Crippen LogP contribution is 2.34. The molecule has 0 bridgehead atoms. The van der Waals surface area contributed by atoms with Crippen LogP contribution < -0.4 is 5.73 Å². The summed E-state index contributed by atoms with van der Waals surface area (Å²) in [6.07, 6.45) is -4.46. The normalized spacial score (nSPS) is 11.7. The summed E-state index contributed by atoms with van der Waals surface area (Å²) in [5.74, 6) is -0.626. The second-order valence-electron chi connectivity index (χ2n) is 5.89. The fraction of sp³-hybridized carbons (Fsp3) is 0.222. The summed E-state index contributed by atoms with van der Waals surface area (Å²) in [6, 6.07) is 6.99. The highest BCUT2D eigenvalue weighted by atomic mass is 32.1. The minimum atomic E-state index is -4.46. The van der Waals surface area contributed by atoms with Crippen molar-refractivity contribution >= 4 is 17.2 Å². The van der Waals surface area contributed by atoms with Crippen LogP contribution in [0.1, 0.15) is 32.2 Å². The number of hydrogen-bond acceptors (Lipinski definition) is 3. The van der Waals surface area contributed by atoms with Crippen molar-refractivity contribution in [1.29, 1.82) is 0 Å². The molecular formula is C18H16F3N3OS. The van der Waals surface area contributed by atoms with Gasteiger partial charge in [-0.2, -0.15) is 13.2 Å². The Morgan fingerprint density at radius 2 is 1.96 bits per heavy atom. The van der Waals surface area contributed by atoms with Crippen LogP contribution in [0, 0.1) is 13.8 Å². The Morgan fingerprint density at radius 3 is 2.54 bits per heavy atom. The van der Waals surface area contributed by atoms with E-state index in [0.29, 0.717) is 17.1 Å². The molecule has 0 unspecified atom stereocenters. The van der Waals surface area contributed by atoms with E-state index in [1.165, 1.54) is 23.5 Å². The van der Waals surface area contributed by atoms with Crippen LogP contribution in [-0.2, 0) is 12.7 Å². The summed E-state index contributed by atoms with van der Waals surface area (Å²) >= 11 is 1.42. The summed E-state index contributed by atoms with van der Waals surface area (Å²) in [4.78, 5) is 16.1. The number of alkyl halides is 3. The standard InChI is InChI=1S/C18H16F3N3OS/c1-10-13(17(22)25)7-16(15-9-26-11(2)23-15)24(10)8-12-5-3-4-6-14(12)18(19,20)21/h3-7,9H,8H2,1-2H3,(H2,22,25). The van der Waals surface area contributed by atoms with Gasteiger partial charge in [-0.15, -0.1) is 11.3 Å². The van der Waals surface area contributed by atoms with Gasteiger partial charge < -0.3 is 10.3 Å². The predicted octanol–water partition coefficient (Wildman–Crippen LogP) is 4.39. The molecule has 0 aliphatic rings. The number of benzene rings is 1. The molecule has 3 aromatic rings. The summed E-state index contributed by atoms with van der Waals surface area (Å²) in [6.45, 7) is 3.46. The Labute approximate surface area is 152 Å². The second kappa shape index (κ2) is 6.60. The van der Waals surface area contributed by atoms with Crippen LogP contribution in [0.3, 0.4) is 0 Å². The molecule has 2 aromatic heterocycles. The van der Waals surface area contributed by atoms with Gasteiger partial charge in [0.05, 0.1) is 27.5 Å². The van der Waals surface area contributed by atoms with E-state index in [0.717, 1.165) is 11.1 Å². The third-order valence-electron chi connectivity index (χ3n) is 4.16. The van der Waals surface area contributed by atoms with E-state index in [4.69, 9.17) is 5.73 Å². The van der Waals surface area contributed by atoms with Gasteiger partial charge in [-0.1, -0.05) is 18.2 Å². The van der Waals surface area contributed by atoms with Crippen LogP contribution in [0.25, 0.3) is 11.4 Å². The molecule has 0 spiro atoms. The van der Waals surface area contributed by atoms with Gasteiger partial charge in [0.15, 0.2) is 0 Å². The van der Waals surface area contributed by atoms with E-state index in [1.54, 1.807) is 29.0 Å². The molecule has 26 heavy (non-hydrogen) atoms. The summed E-state index contributed by atoms with van der Waals surface area (Å²) < 4.78 is 41.6. The maximum absolute atomic E-state index is 13.3. The molecule has 136 valence electrons. The van der Waals surface area contributed by atoms with Crippen molar-refractivity contribution in [2.75, 3.05) is 0 Å². The molecule has 1 amide bonds. The van der Waals surface area contributed by atoms with Gasteiger partial charge in [-0.05, 0) is 31.5 Å². The molecule has 0 saturated carbocycles. The molecule has 0 radical (unpaired) electrons. The number of carbonyl (C=O) groups is 1. The van der Waals surface area contributed by atoms with Crippen LogP contribution in [0.5, 0.6) is 0 Å². The number of halogens is 3. The molecule has 0 atom stereocenters. The number of carbonyl (C=O) groups excluding carboxylic acids is 1. The molecule has 0 saturated heterocycles. The van der Waals surface area contributed by atoms with E-state index in [-0.39, 0.29) is 17.7 Å². The van der Waals surface area contributed by atoms with Crippen molar-refractivity contribution in [3.8, 4) is 11.4 Å². The van der Waals surface area contributed by atoms with Crippen molar-refractivity contribution in [3.63, 3.8) is 0 Å². The molecule has 3 rings (SSSR count). The Morgan fingerprint density at radius 1 is 1.27 bits per heavy atom. The quantitative estimate of drug-likeness (QED) is 0.731. The molecular weight excluding hydrogens is 363 g/mol. The first-order valence-corrected chi connectivity index (χ1v) is 8.64. The van der Waals surface area contributed by atoms with Gasteiger partial charge in [0.2, 0.25) is 0 Å². The Balaban J connectivity index is 2.15. The Hall–Kier alpha value is -2.61. The summed E-state index contributed by atoms with van der Waals surface area (Å²) in [7, 11) is 0. The molecule has 0 aliphatic carbocycles. The van der Waals surface area contributed by atoms with E-state index in [9.17, 15) is 18.0 Å². The number of amides is 1. The Bertz CT molecular complexity index is 972. The summed E-state index contributed by atoms with van der Waals surface area (Å²) in [5, 5.41) is 2.63. The lowest BCUT2D eigenvalue weighted by molar-refractivity contribution is -0.138. The molecule has 2 N–H and O–H groups in total. The monoisotopic (exact) mass is 379 g/mol. The van der Waals surface area contributed by atoms with Gasteiger partial charge in [0, 0.05) is 17.6 Å². The fourth-order valence-electron chi connectivity index (χ4n) is 2.90. The van der Waals surface area contributed by atoms with E-state index >= 15 is 0 Å². The number of aromatic nitrogens is 2. The van der Waals surface area contributed by atoms with Crippen LogP contribution in [0.15, 0.2) is 35.7 Å². The van der Waals surface area contributed by atoms with Crippen LogP contribution in [0.4, 0.5) is 13.2 Å². The molecule has 8 heteroatoms. The summed E-state index contributed by atoms with van der Waals surface area (Å²) in [5.41, 5.74) is 6.79. The third kappa shape index (κ3) is 3.37. The first kappa shape index (κ1) is 18.2. The number of hydrogen-bond donors (Lipinski definition) is 1. The van der Waals surface area contributed by atoms with Crippen molar-refractivity contribution in [2.45, 2.75) is 26.6 Å². The van der Waals surface area contributed by atoms with E-state index in [2.05, 4.69) is 4.98 Å². The van der Waals surface area contributed by atoms with Gasteiger partial charge in [-0.3, -0.25) is 4.79 Å². The van der Waals surface area contributed by atoms with Crippen molar-refractivity contribution in [3.05, 3.63) is 63.1 Å². The SMILES string of the molecule is Cc1nc(-c2cc(C(N)=O)c(C)n2Cc2ccccc2C(F)(F)F)cs1. The largest absolute Gasteiger partial charge is 0.416 e. The van der Waals surface area contributed by atoms with E-state index in [1.807, 2.05) is 6.92 Å². The average Bonchev–Trinajstić information content (AvgIpc) is 3.11. The maximum atomic E-state index is 13.3. The zero-order valence-electron chi connectivity index (χ0n) is 14.1. The first-order chi connectivity index (χ1) is 12.2. The van der Waals surface area contributed by atoms with Crippen LogP contribution in [-0.4, -0.2) is 15.5 Å². The Kier molecular flexibility index (Phi) is 4.62. The lowest BCUT2D eigenvalue weighted by Crippen LogP contribution is -2.15. The van der Waals surface area contributed by atoms with Crippen molar-refractivity contribution in [1.82, 2.24) is 9.55 Å². The number of thiazole rings is 1. The zero-order chi connectivity index (χ0) is 19.1. The maximum Gasteiger partial charge on any atom is 0.416 e. The average molecular weight is 379 g/mol. The van der Waals surface area contributed by atoms with E-state index < -0.39 is 17.6 Å². The second-order valence-corrected chi connectivity index (χ2v) is 6.95. The number of aryl methyl sites for hydroxylation is 1. The smallest absolute Gasteiger partial charge is 0.366 e. The first-order valence-electron chi connectivity index (χ1n) is 7.76. The van der Waals surface area contributed by atoms with Crippen LogP contribution in [0.2, 0.25) is 0 Å². The number of rotatable bonds is 4. The molecule has 0 aliphatic heterocycles. The highest BCUT2D eigenvalue weighted by molar-refractivity contribution is 7.09. The minimum Gasteiger partial charge on any atom is -0.366 e. The molecule has 0 fully saturated rings. The molecule has 2 heterocycles. The number of primary amides is 1. The van der Waals surface area contributed by atoms with Gasteiger partial charge in [0.25, 0.3) is 5.91 Å². The fourth-order valence-corrected chi connectivity index (χ4v) is 3.50. The molecule has 4 nitrogen and oxygen atoms in total. The minimum absolute atomic E-state index is 0.0410. The highest BCUT2D eigenvalue weighted by Gasteiger charge is 2.33. The number of nitrogens with zero attached hydrogens (tertiary/aromatic N) is 2. The van der Waals surface area contributed by atoms with Crippen molar-refractivity contribution < 1.29 is 18.0 Å². The van der Waals surface area contributed by atoms with Gasteiger partial charge in [0.1, 0.15) is 0 Å². The van der Waals surface area contributed by atoms with Crippen LogP contribution >= 0.6 is 11.3 Å². The topological polar surface area (TPSA) is 60.9 Å². The van der Waals surface area contributed by atoms with Gasteiger partial charge >= 0.3 is 6.18 Å². The lowest BCUT2D eigenvalue weighted by Gasteiger charge is -2.16.